The van der Waals surface area contributed by atoms with Gasteiger partial charge in [0, 0.05) is 16.2 Å². The third kappa shape index (κ3) is 2.31. The Balaban J connectivity index is 1.66. The van der Waals surface area contributed by atoms with Gasteiger partial charge in [-0.2, -0.15) is 0 Å². The molecule has 108 valence electrons. The summed E-state index contributed by atoms with van der Waals surface area (Å²) in [5, 5.41) is 0. The summed E-state index contributed by atoms with van der Waals surface area (Å²) in [6.45, 7) is 0. The fourth-order valence-electron chi connectivity index (χ4n) is 4.00. The number of hydrogen-bond donors (Lipinski definition) is 1. The van der Waals surface area contributed by atoms with E-state index in [-0.39, 0.29) is 5.54 Å². The zero-order chi connectivity index (χ0) is 14.3. The van der Waals surface area contributed by atoms with E-state index in [4.69, 9.17) is 5.73 Å². The largest absolute Gasteiger partial charge is 0.321 e. The van der Waals surface area contributed by atoms with Crippen molar-refractivity contribution in [3.63, 3.8) is 0 Å². The SMILES string of the molecule is NC1(CC2CSc3ccccc32)CCCc2ccccc21. The third-order valence-corrected chi connectivity index (χ3v) is 6.28. The molecule has 0 aromatic heterocycles. The van der Waals surface area contributed by atoms with Gasteiger partial charge in [0.1, 0.15) is 0 Å². The molecule has 0 bridgehead atoms. The van der Waals surface area contributed by atoms with Gasteiger partial charge in [0.2, 0.25) is 0 Å². The molecule has 2 unspecified atom stereocenters. The van der Waals surface area contributed by atoms with E-state index in [0.717, 1.165) is 12.8 Å². The Kier molecular flexibility index (Phi) is 3.31. The van der Waals surface area contributed by atoms with Crippen LogP contribution >= 0.6 is 11.8 Å². The van der Waals surface area contributed by atoms with Crippen molar-refractivity contribution in [2.24, 2.45) is 5.73 Å². The molecule has 2 aliphatic rings. The van der Waals surface area contributed by atoms with E-state index in [9.17, 15) is 0 Å². The maximum atomic E-state index is 6.90. The summed E-state index contributed by atoms with van der Waals surface area (Å²) >= 11 is 1.99. The Bertz CT molecular complexity index is 666. The maximum absolute atomic E-state index is 6.90. The fourth-order valence-corrected chi connectivity index (χ4v) is 5.26. The molecule has 0 saturated heterocycles. The van der Waals surface area contributed by atoms with Gasteiger partial charge in [-0.3, -0.25) is 0 Å². The summed E-state index contributed by atoms with van der Waals surface area (Å²) in [6, 6.07) is 17.6. The first kappa shape index (κ1) is 13.4. The first-order valence-corrected chi connectivity index (χ1v) is 8.84. The van der Waals surface area contributed by atoms with Crippen LogP contribution in [0.15, 0.2) is 53.4 Å². The quantitative estimate of drug-likeness (QED) is 0.885. The average Bonchev–Trinajstić information content (AvgIpc) is 2.91. The van der Waals surface area contributed by atoms with Crippen LogP contribution in [0.4, 0.5) is 0 Å². The predicted molar refractivity (Wildman–Crippen MR) is 89.8 cm³/mol. The molecule has 0 radical (unpaired) electrons. The van der Waals surface area contributed by atoms with Crippen LogP contribution in [-0.2, 0) is 12.0 Å². The van der Waals surface area contributed by atoms with E-state index in [0.29, 0.717) is 5.92 Å². The van der Waals surface area contributed by atoms with E-state index in [1.165, 1.54) is 40.2 Å². The molecule has 21 heavy (non-hydrogen) atoms. The van der Waals surface area contributed by atoms with Crippen molar-refractivity contribution >= 4 is 11.8 Å². The molecule has 4 rings (SSSR count). The zero-order valence-corrected chi connectivity index (χ0v) is 13.0. The Hall–Kier alpha value is -1.25. The first-order chi connectivity index (χ1) is 10.3. The summed E-state index contributed by atoms with van der Waals surface area (Å²) in [5.41, 5.74) is 11.1. The van der Waals surface area contributed by atoms with Gasteiger partial charge < -0.3 is 5.73 Å². The molecule has 1 nitrogen and oxygen atoms in total. The van der Waals surface area contributed by atoms with Crippen molar-refractivity contribution < 1.29 is 0 Å². The van der Waals surface area contributed by atoms with Gasteiger partial charge in [-0.25, -0.2) is 0 Å². The van der Waals surface area contributed by atoms with Crippen molar-refractivity contribution in [2.45, 2.75) is 42.0 Å². The molecule has 2 aromatic rings. The minimum absolute atomic E-state index is 0.141. The summed E-state index contributed by atoms with van der Waals surface area (Å²) in [4.78, 5) is 1.45. The zero-order valence-electron chi connectivity index (χ0n) is 12.2. The molecule has 2 atom stereocenters. The second-order valence-corrected chi connectivity index (χ2v) is 7.48. The molecular weight excluding hydrogens is 274 g/mol. The van der Waals surface area contributed by atoms with Gasteiger partial charge in [0.15, 0.2) is 0 Å². The van der Waals surface area contributed by atoms with Crippen LogP contribution in [0.1, 0.15) is 41.9 Å². The summed E-state index contributed by atoms with van der Waals surface area (Å²) < 4.78 is 0. The maximum Gasteiger partial charge on any atom is 0.0418 e. The lowest BCUT2D eigenvalue weighted by Crippen LogP contribution is -2.41. The van der Waals surface area contributed by atoms with Gasteiger partial charge in [0.05, 0.1) is 0 Å². The van der Waals surface area contributed by atoms with Crippen LogP contribution in [0.5, 0.6) is 0 Å². The highest BCUT2D eigenvalue weighted by atomic mass is 32.2. The average molecular weight is 295 g/mol. The number of thioether (sulfide) groups is 1. The molecule has 1 heterocycles. The lowest BCUT2D eigenvalue weighted by atomic mass is 9.72. The normalized spacial score (nSPS) is 27.2. The van der Waals surface area contributed by atoms with Gasteiger partial charge in [-0.1, -0.05) is 42.5 Å². The molecule has 0 saturated carbocycles. The van der Waals surface area contributed by atoms with Crippen LogP contribution in [0.3, 0.4) is 0 Å². The van der Waals surface area contributed by atoms with Crippen molar-refractivity contribution in [3.8, 4) is 0 Å². The minimum Gasteiger partial charge on any atom is -0.321 e. The fraction of sp³-hybridized carbons (Fsp3) is 0.368. The lowest BCUT2D eigenvalue weighted by Gasteiger charge is -2.38. The smallest absolute Gasteiger partial charge is 0.0418 e. The second kappa shape index (κ2) is 5.19. The number of fused-ring (bicyclic) bond motifs is 2. The Morgan fingerprint density at radius 3 is 2.86 bits per heavy atom. The van der Waals surface area contributed by atoms with Crippen LogP contribution in [0.2, 0.25) is 0 Å². The van der Waals surface area contributed by atoms with Crippen molar-refractivity contribution in [1.29, 1.82) is 0 Å². The first-order valence-electron chi connectivity index (χ1n) is 7.85. The molecule has 1 aliphatic heterocycles. The highest BCUT2D eigenvalue weighted by Crippen LogP contribution is 2.47. The number of benzene rings is 2. The van der Waals surface area contributed by atoms with Crippen LogP contribution in [0.25, 0.3) is 0 Å². The summed E-state index contributed by atoms with van der Waals surface area (Å²) in [6.07, 6.45) is 4.60. The minimum atomic E-state index is -0.141. The van der Waals surface area contributed by atoms with Crippen molar-refractivity contribution in [3.05, 3.63) is 65.2 Å². The van der Waals surface area contributed by atoms with E-state index < -0.39 is 0 Å². The monoisotopic (exact) mass is 295 g/mol. The van der Waals surface area contributed by atoms with Crippen molar-refractivity contribution in [2.75, 3.05) is 5.75 Å². The van der Waals surface area contributed by atoms with Crippen molar-refractivity contribution in [1.82, 2.24) is 0 Å². The van der Waals surface area contributed by atoms with E-state index in [1.807, 2.05) is 11.8 Å². The van der Waals surface area contributed by atoms with E-state index in [2.05, 4.69) is 48.5 Å². The number of aryl methyl sites for hydroxylation is 1. The van der Waals surface area contributed by atoms with Crippen LogP contribution in [-0.4, -0.2) is 5.75 Å². The van der Waals surface area contributed by atoms with Gasteiger partial charge in [0.25, 0.3) is 0 Å². The summed E-state index contributed by atoms with van der Waals surface area (Å²) in [5.74, 6) is 1.78. The van der Waals surface area contributed by atoms with Gasteiger partial charge >= 0.3 is 0 Å². The second-order valence-electron chi connectivity index (χ2n) is 6.42. The topological polar surface area (TPSA) is 26.0 Å². The Morgan fingerprint density at radius 2 is 1.90 bits per heavy atom. The highest BCUT2D eigenvalue weighted by molar-refractivity contribution is 7.99. The van der Waals surface area contributed by atoms with E-state index in [1.54, 1.807) is 0 Å². The molecule has 2 N–H and O–H groups in total. The van der Waals surface area contributed by atoms with Crippen LogP contribution < -0.4 is 5.73 Å². The highest BCUT2D eigenvalue weighted by Gasteiger charge is 2.37. The van der Waals surface area contributed by atoms with E-state index >= 15 is 0 Å². The molecule has 0 fully saturated rings. The number of rotatable bonds is 2. The van der Waals surface area contributed by atoms with Gasteiger partial charge in [-0.15, -0.1) is 11.8 Å². The Labute approximate surface area is 130 Å². The molecule has 2 aromatic carbocycles. The molecule has 0 spiro atoms. The predicted octanol–water partition coefficient (Wildman–Crippen LogP) is 4.46. The summed E-state index contributed by atoms with van der Waals surface area (Å²) in [7, 11) is 0. The van der Waals surface area contributed by atoms with Crippen LogP contribution in [0, 0.1) is 0 Å². The third-order valence-electron chi connectivity index (χ3n) is 5.03. The number of hydrogen-bond acceptors (Lipinski definition) is 2. The molecule has 1 aliphatic carbocycles. The molecule has 2 heteroatoms. The lowest BCUT2D eigenvalue weighted by molar-refractivity contribution is 0.327. The van der Waals surface area contributed by atoms with Gasteiger partial charge in [-0.05, 0) is 54.4 Å². The Morgan fingerprint density at radius 1 is 1.10 bits per heavy atom. The number of nitrogens with two attached hydrogens (primary N) is 1. The molecule has 0 amide bonds. The molecular formula is C19H21NS. The standard InChI is InChI=1S/C19H21NS/c20-19(11-5-7-14-6-1-3-9-17(14)19)12-15-13-21-18-10-4-2-8-16(15)18/h1-4,6,8-10,15H,5,7,11-13,20H2.